The largest absolute Gasteiger partial charge is 0.493 e. The van der Waals surface area contributed by atoms with Crippen LogP contribution in [0.2, 0.25) is 0 Å². The molecule has 0 amide bonds. The van der Waals surface area contributed by atoms with Crippen molar-refractivity contribution in [3.05, 3.63) is 23.8 Å². The molecule has 0 heterocycles. The van der Waals surface area contributed by atoms with Gasteiger partial charge in [0.2, 0.25) is 0 Å². The molecule has 1 atom stereocenters. The third-order valence-corrected chi connectivity index (χ3v) is 4.61. The second kappa shape index (κ2) is 7.31. The normalized spacial score (nSPS) is 12.6. The summed E-state index contributed by atoms with van der Waals surface area (Å²) in [6.07, 6.45) is 1.24. The van der Waals surface area contributed by atoms with Crippen LogP contribution in [0.15, 0.2) is 18.2 Å². The van der Waals surface area contributed by atoms with E-state index < -0.39 is 21.3 Å². The van der Waals surface area contributed by atoms with E-state index in [1.807, 2.05) is 6.92 Å². The summed E-state index contributed by atoms with van der Waals surface area (Å²) in [5.41, 5.74) is 0.251. The molecule has 118 valence electrons. The van der Waals surface area contributed by atoms with Crippen LogP contribution in [0.3, 0.4) is 0 Å². The molecule has 1 aromatic carbocycles. The minimum atomic E-state index is -3.74. The Hall–Kier alpha value is -1.76. The van der Waals surface area contributed by atoms with Crippen molar-refractivity contribution in [1.29, 1.82) is 0 Å². The average molecular weight is 316 g/mol. The SMILES string of the molecule is CCC[C@@H](C)S(=O)(=O)Oc1ccc(C(=O)OC)cc1OC. The van der Waals surface area contributed by atoms with Crippen LogP contribution in [-0.2, 0) is 14.9 Å². The Bertz CT molecular complexity index is 593. The third-order valence-electron chi connectivity index (χ3n) is 2.98. The van der Waals surface area contributed by atoms with Crippen LogP contribution in [0, 0.1) is 0 Å². The van der Waals surface area contributed by atoms with E-state index in [1.165, 1.54) is 32.4 Å². The van der Waals surface area contributed by atoms with Crippen molar-refractivity contribution >= 4 is 16.1 Å². The number of ether oxygens (including phenoxy) is 2. The second-order valence-corrected chi connectivity index (χ2v) is 6.49. The van der Waals surface area contributed by atoms with E-state index in [2.05, 4.69) is 4.74 Å². The Morgan fingerprint density at radius 2 is 1.90 bits per heavy atom. The Morgan fingerprint density at radius 3 is 2.43 bits per heavy atom. The molecule has 0 bridgehead atoms. The zero-order valence-corrected chi connectivity index (χ0v) is 13.4. The molecule has 0 saturated heterocycles. The predicted octanol–water partition coefficient (Wildman–Crippen LogP) is 2.38. The number of benzene rings is 1. The van der Waals surface area contributed by atoms with E-state index in [1.54, 1.807) is 6.92 Å². The lowest BCUT2D eigenvalue weighted by molar-refractivity contribution is 0.0600. The van der Waals surface area contributed by atoms with Crippen molar-refractivity contribution in [2.24, 2.45) is 0 Å². The van der Waals surface area contributed by atoms with Crippen LogP contribution < -0.4 is 8.92 Å². The van der Waals surface area contributed by atoms with Gasteiger partial charge in [-0.1, -0.05) is 13.3 Å². The van der Waals surface area contributed by atoms with Gasteiger partial charge in [-0.25, -0.2) is 4.79 Å². The first kappa shape index (κ1) is 17.3. The van der Waals surface area contributed by atoms with Gasteiger partial charge < -0.3 is 13.7 Å². The highest BCUT2D eigenvalue weighted by molar-refractivity contribution is 7.87. The maximum atomic E-state index is 12.1. The van der Waals surface area contributed by atoms with Gasteiger partial charge in [0.25, 0.3) is 0 Å². The Kier molecular flexibility index (Phi) is 6.02. The Balaban J connectivity index is 3.06. The summed E-state index contributed by atoms with van der Waals surface area (Å²) >= 11 is 0. The molecule has 0 aliphatic heterocycles. The van der Waals surface area contributed by atoms with Crippen molar-refractivity contribution in [3.8, 4) is 11.5 Å². The first-order chi connectivity index (χ1) is 9.85. The third kappa shape index (κ3) is 4.35. The summed E-state index contributed by atoms with van der Waals surface area (Å²) < 4.78 is 38.9. The van der Waals surface area contributed by atoms with E-state index in [-0.39, 0.29) is 17.1 Å². The van der Waals surface area contributed by atoms with Gasteiger partial charge in [0.05, 0.1) is 25.0 Å². The van der Waals surface area contributed by atoms with Crippen LogP contribution in [0.4, 0.5) is 0 Å². The van der Waals surface area contributed by atoms with Gasteiger partial charge in [0, 0.05) is 0 Å². The molecular formula is C14H20O6S. The van der Waals surface area contributed by atoms with E-state index in [4.69, 9.17) is 8.92 Å². The van der Waals surface area contributed by atoms with Crippen molar-refractivity contribution in [1.82, 2.24) is 0 Å². The van der Waals surface area contributed by atoms with Crippen molar-refractivity contribution in [3.63, 3.8) is 0 Å². The van der Waals surface area contributed by atoms with Gasteiger partial charge in [-0.3, -0.25) is 0 Å². The lowest BCUT2D eigenvalue weighted by atomic mass is 10.2. The van der Waals surface area contributed by atoms with E-state index in [9.17, 15) is 13.2 Å². The fraction of sp³-hybridized carbons (Fsp3) is 0.500. The molecule has 6 nitrogen and oxygen atoms in total. The molecule has 0 aliphatic carbocycles. The summed E-state index contributed by atoms with van der Waals surface area (Å²) in [5, 5.41) is -0.618. The quantitative estimate of drug-likeness (QED) is 0.567. The van der Waals surface area contributed by atoms with Crippen LogP contribution in [0.5, 0.6) is 11.5 Å². The van der Waals surface area contributed by atoms with Gasteiger partial charge in [-0.05, 0) is 31.5 Å². The zero-order chi connectivity index (χ0) is 16.0. The summed E-state index contributed by atoms with van der Waals surface area (Å²) in [4.78, 5) is 11.4. The van der Waals surface area contributed by atoms with Crippen LogP contribution >= 0.6 is 0 Å². The molecule has 0 fully saturated rings. The monoisotopic (exact) mass is 316 g/mol. The minimum Gasteiger partial charge on any atom is -0.493 e. The van der Waals surface area contributed by atoms with Crippen LogP contribution in [0.25, 0.3) is 0 Å². The summed E-state index contributed by atoms with van der Waals surface area (Å²) in [5.74, 6) is -0.333. The number of carbonyl (C=O) groups excluding carboxylic acids is 1. The standard InChI is InChI=1S/C14H20O6S/c1-5-6-10(2)21(16,17)20-12-8-7-11(14(15)19-4)9-13(12)18-3/h7-10H,5-6H2,1-4H3/t10-/m1/s1. The highest BCUT2D eigenvalue weighted by Crippen LogP contribution is 2.30. The molecular weight excluding hydrogens is 296 g/mol. The predicted molar refractivity (Wildman–Crippen MR) is 78.3 cm³/mol. The molecule has 7 heteroatoms. The van der Waals surface area contributed by atoms with Gasteiger partial charge in [0.1, 0.15) is 0 Å². The lowest BCUT2D eigenvalue weighted by Gasteiger charge is -2.15. The highest BCUT2D eigenvalue weighted by Gasteiger charge is 2.24. The smallest absolute Gasteiger partial charge is 0.337 e. The molecule has 0 saturated carbocycles. The molecule has 0 N–H and O–H groups in total. The fourth-order valence-electron chi connectivity index (χ4n) is 1.74. The zero-order valence-electron chi connectivity index (χ0n) is 12.6. The van der Waals surface area contributed by atoms with Gasteiger partial charge in [-0.2, -0.15) is 8.42 Å². The van der Waals surface area contributed by atoms with Gasteiger partial charge in [-0.15, -0.1) is 0 Å². The van der Waals surface area contributed by atoms with E-state index in [0.29, 0.717) is 6.42 Å². The van der Waals surface area contributed by atoms with Crippen LogP contribution in [0.1, 0.15) is 37.0 Å². The number of carbonyl (C=O) groups is 1. The van der Waals surface area contributed by atoms with Gasteiger partial charge in [0.15, 0.2) is 11.5 Å². The number of esters is 1. The fourth-order valence-corrected chi connectivity index (χ4v) is 2.82. The number of hydrogen-bond acceptors (Lipinski definition) is 6. The topological polar surface area (TPSA) is 78.9 Å². The molecule has 0 aromatic heterocycles. The van der Waals surface area contributed by atoms with E-state index in [0.717, 1.165) is 6.42 Å². The second-order valence-electron chi connectivity index (χ2n) is 4.53. The summed E-state index contributed by atoms with van der Waals surface area (Å²) in [6, 6.07) is 4.17. The molecule has 1 rings (SSSR count). The minimum absolute atomic E-state index is 0.0492. The average Bonchev–Trinajstić information content (AvgIpc) is 2.46. The van der Waals surface area contributed by atoms with Crippen molar-refractivity contribution in [2.45, 2.75) is 31.9 Å². The summed E-state index contributed by atoms with van der Waals surface area (Å²) in [6.45, 7) is 3.49. The van der Waals surface area contributed by atoms with Crippen LogP contribution in [-0.4, -0.2) is 33.9 Å². The molecule has 0 radical (unpaired) electrons. The first-order valence-electron chi connectivity index (χ1n) is 6.55. The molecule has 1 aromatic rings. The lowest BCUT2D eigenvalue weighted by Crippen LogP contribution is -2.23. The Morgan fingerprint density at radius 1 is 1.24 bits per heavy atom. The highest BCUT2D eigenvalue weighted by atomic mass is 32.2. The molecule has 0 aliphatic rings. The number of rotatable bonds is 7. The first-order valence-corrected chi connectivity index (χ1v) is 8.02. The summed E-state index contributed by atoms with van der Waals surface area (Å²) in [7, 11) is -1.12. The Labute approximate surface area is 125 Å². The molecule has 0 spiro atoms. The van der Waals surface area contributed by atoms with Gasteiger partial charge >= 0.3 is 16.1 Å². The van der Waals surface area contributed by atoms with Crippen molar-refractivity contribution in [2.75, 3.05) is 14.2 Å². The molecule has 21 heavy (non-hydrogen) atoms. The van der Waals surface area contributed by atoms with Crippen molar-refractivity contribution < 1.29 is 26.9 Å². The maximum Gasteiger partial charge on any atom is 0.337 e. The number of methoxy groups -OCH3 is 2. The maximum absolute atomic E-state index is 12.1. The number of hydrogen-bond donors (Lipinski definition) is 0. The van der Waals surface area contributed by atoms with E-state index >= 15 is 0 Å². The molecule has 0 unspecified atom stereocenters.